The van der Waals surface area contributed by atoms with Crippen molar-refractivity contribution in [3.8, 4) is 0 Å². The Balaban J connectivity index is 4.42. The second-order valence-corrected chi connectivity index (χ2v) is 3.66. The van der Waals surface area contributed by atoms with E-state index in [4.69, 9.17) is 15.9 Å². The largest absolute Gasteiger partial charge is 0.481 e. The van der Waals surface area contributed by atoms with E-state index < -0.39 is 29.7 Å². The van der Waals surface area contributed by atoms with Gasteiger partial charge in [-0.05, 0) is 19.3 Å². The molecule has 2 atom stereocenters. The van der Waals surface area contributed by atoms with E-state index in [-0.39, 0.29) is 19.3 Å². The Morgan fingerprint density at radius 1 is 1.12 bits per heavy atom. The van der Waals surface area contributed by atoms with Crippen LogP contribution in [0.3, 0.4) is 0 Å². The topological polar surface area (TPSA) is 118 Å². The number of primary amides is 1. The van der Waals surface area contributed by atoms with Gasteiger partial charge in [-0.15, -0.1) is 0 Å². The van der Waals surface area contributed by atoms with Crippen LogP contribution in [0.4, 0.5) is 0 Å². The monoisotopic (exact) mass is 231 g/mol. The molecule has 6 nitrogen and oxygen atoms in total. The fraction of sp³-hybridized carbons (Fsp3) is 0.700. The van der Waals surface area contributed by atoms with Crippen LogP contribution in [-0.4, -0.2) is 28.1 Å². The minimum atomic E-state index is -1.14. The molecule has 0 aliphatic rings. The maximum absolute atomic E-state index is 10.9. The highest BCUT2D eigenvalue weighted by Crippen LogP contribution is 2.22. The van der Waals surface area contributed by atoms with Crippen molar-refractivity contribution in [2.24, 2.45) is 17.6 Å². The molecule has 2 unspecified atom stereocenters. The van der Waals surface area contributed by atoms with E-state index in [1.54, 1.807) is 6.92 Å². The van der Waals surface area contributed by atoms with Crippen molar-refractivity contribution >= 4 is 17.8 Å². The predicted octanol–water partition coefficient (Wildman–Crippen LogP) is 0.454. The van der Waals surface area contributed by atoms with E-state index in [1.807, 2.05) is 0 Å². The van der Waals surface area contributed by atoms with Crippen molar-refractivity contribution in [2.75, 3.05) is 0 Å². The van der Waals surface area contributed by atoms with Gasteiger partial charge in [-0.1, -0.05) is 6.92 Å². The molecule has 0 aromatic carbocycles. The summed E-state index contributed by atoms with van der Waals surface area (Å²) in [4.78, 5) is 32.2. The van der Waals surface area contributed by atoms with Crippen LogP contribution in [-0.2, 0) is 14.4 Å². The first-order chi connectivity index (χ1) is 7.40. The Hall–Kier alpha value is -1.59. The maximum atomic E-state index is 10.9. The number of carbonyl (C=O) groups is 3. The van der Waals surface area contributed by atoms with E-state index in [1.165, 1.54) is 0 Å². The molecule has 0 saturated carbocycles. The highest BCUT2D eigenvalue weighted by atomic mass is 16.4. The lowest BCUT2D eigenvalue weighted by Crippen LogP contribution is -2.29. The normalized spacial score (nSPS) is 14.1. The molecule has 0 saturated heterocycles. The summed E-state index contributed by atoms with van der Waals surface area (Å²) in [6.07, 6.45) is 0.794. The van der Waals surface area contributed by atoms with Crippen molar-refractivity contribution in [2.45, 2.75) is 32.6 Å². The third-order valence-corrected chi connectivity index (χ3v) is 2.50. The summed E-state index contributed by atoms with van der Waals surface area (Å²) in [6, 6.07) is 0. The van der Waals surface area contributed by atoms with Crippen molar-refractivity contribution in [1.29, 1.82) is 0 Å². The molecule has 0 aliphatic carbocycles. The van der Waals surface area contributed by atoms with Crippen molar-refractivity contribution in [3.05, 3.63) is 0 Å². The molecule has 4 N–H and O–H groups in total. The fourth-order valence-electron chi connectivity index (χ4n) is 1.62. The number of amides is 1. The summed E-state index contributed by atoms with van der Waals surface area (Å²) in [5.41, 5.74) is 4.92. The Morgan fingerprint density at radius 2 is 1.62 bits per heavy atom. The lowest BCUT2D eigenvalue weighted by Gasteiger charge is -2.18. The van der Waals surface area contributed by atoms with Gasteiger partial charge in [0.2, 0.25) is 5.91 Å². The van der Waals surface area contributed by atoms with Crippen molar-refractivity contribution in [1.82, 2.24) is 0 Å². The molecule has 0 bridgehead atoms. The number of carboxylic acids is 2. The summed E-state index contributed by atoms with van der Waals surface area (Å²) in [6.45, 7) is 1.63. The van der Waals surface area contributed by atoms with Crippen molar-refractivity contribution < 1.29 is 24.6 Å². The van der Waals surface area contributed by atoms with Gasteiger partial charge >= 0.3 is 11.9 Å². The van der Waals surface area contributed by atoms with Crippen LogP contribution in [0.15, 0.2) is 0 Å². The molecular weight excluding hydrogens is 214 g/mol. The SMILES string of the molecule is CCC(C(=O)O)C(CCCC(N)=O)C(=O)O. The molecule has 0 radical (unpaired) electrons. The molecule has 0 fully saturated rings. The number of aliphatic carboxylic acids is 2. The molecule has 1 amide bonds. The Labute approximate surface area is 93.4 Å². The van der Waals surface area contributed by atoms with E-state index >= 15 is 0 Å². The lowest BCUT2D eigenvalue weighted by atomic mass is 9.86. The molecule has 0 aromatic rings. The van der Waals surface area contributed by atoms with Crippen LogP contribution in [0.25, 0.3) is 0 Å². The molecular formula is C10H17NO5. The molecule has 92 valence electrons. The van der Waals surface area contributed by atoms with Gasteiger partial charge in [0.25, 0.3) is 0 Å². The molecule has 0 aliphatic heterocycles. The number of carboxylic acid groups (broad SMARTS) is 2. The van der Waals surface area contributed by atoms with Crippen LogP contribution >= 0.6 is 0 Å². The zero-order valence-electron chi connectivity index (χ0n) is 9.18. The summed E-state index contributed by atoms with van der Waals surface area (Å²) < 4.78 is 0. The van der Waals surface area contributed by atoms with E-state index in [0.29, 0.717) is 6.42 Å². The van der Waals surface area contributed by atoms with Crippen LogP contribution in [0.1, 0.15) is 32.6 Å². The van der Waals surface area contributed by atoms with Crippen LogP contribution in [0.5, 0.6) is 0 Å². The second-order valence-electron chi connectivity index (χ2n) is 3.66. The smallest absolute Gasteiger partial charge is 0.307 e. The minimum Gasteiger partial charge on any atom is -0.481 e. The molecule has 6 heteroatoms. The van der Waals surface area contributed by atoms with Crippen LogP contribution < -0.4 is 5.73 Å². The molecule has 0 rings (SSSR count). The van der Waals surface area contributed by atoms with E-state index in [9.17, 15) is 14.4 Å². The third-order valence-electron chi connectivity index (χ3n) is 2.50. The number of rotatable bonds is 8. The first-order valence-corrected chi connectivity index (χ1v) is 5.14. The zero-order chi connectivity index (χ0) is 12.7. The summed E-state index contributed by atoms with van der Waals surface area (Å²) >= 11 is 0. The van der Waals surface area contributed by atoms with Gasteiger partial charge in [0, 0.05) is 6.42 Å². The molecule has 0 heterocycles. The average molecular weight is 231 g/mol. The molecule has 0 aromatic heterocycles. The number of hydrogen-bond acceptors (Lipinski definition) is 3. The van der Waals surface area contributed by atoms with Gasteiger partial charge in [0.15, 0.2) is 0 Å². The zero-order valence-corrected chi connectivity index (χ0v) is 9.18. The first kappa shape index (κ1) is 14.4. The van der Waals surface area contributed by atoms with Gasteiger partial charge < -0.3 is 15.9 Å². The van der Waals surface area contributed by atoms with Crippen molar-refractivity contribution in [3.63, 3.8) is 0 Å². The highest BCUT2D eigenvalue weighted by Gasteiger charge is 2.31. The fourth-order valence-corrected chi connectivity index (χ4v) is 1.62. The number of hydrogen-bond donors (Lipinski definition) is 3. The molecule has 0 spiro atoms. The highest BCUT2D eigenvalue weighted by molar-refractivity contribution is 5.80. The van der Waals surface area contributed by atoms with Crippen LogP contribution in [0, 0.1) is 11.8 Å². The molecule has 16 heavy (non-hydrogen) atoms. The number of nitrogens with two attached hydrogens (primary N) is 1. The Morgan fingerprint density at radius 3 is 1.94 bits per heavy atom. The van der Waals surface area contributed by atoms with Crippen LogP contribution in [0.2, 0.25) is 0 Å². The minimum absolute atomic E-state index is 0.0832. The van der Waals surface area contributed by atoms with Gasteiger partial charge in [-0.3, -0.25) is 14.4 Å². The second kappa shape index (κ2) is 6.81. The summed E-state index contributed by atoms with van der Waals surface area (Å²) in [5.74, 6) is -4.63. The van der Waals surface area contributed by atoms with E-state index in [2.05, 4.69) is 0 Å². The maximum Gasteiger partial charge on any atom is 0.307 e. The Kier molecular flexibility index (Phi) is 6.14. The van der Waals surface area contributed by atoms with Gasteiger partial charge in [-0.2, -0.15) is 0 Å². The first-order valence-electron chi connectivity index (χ1n) is 5.14. The predicted molar refractivity (Wildman–Crippen MR) is 55.6 cm³/mol. The van der Waals surface area contributed by atoms with Gasteiger partial charge in [0.05, 0.1) is 11.8 Å². The summed E-state index contributed by atoms with van der Waals surface area (Å²) in [7, 11) is 0. The van der Waals surface area contributed by atoms with Gasteiger partial charge in [0.1, 0.15) is 0 Å². The Bertz CT molecular complexity index is 276. The van der Waals surface area contributed by atoms with E-state index in [0.717, 1.165) is 0 Å². The number of carbonyl (C=O) groups excluding carboxylic acids is 1. The van der Waals surface area contributed by atoms with Gasteiger partial charge in [-0.25, -0.2) is 0 Å². The standard InChI is InChI=1S/C10H17NO5/c1-2-6(9(13)14)7(10(15)16)4-3-5-8(11)12/h6-7H,2-5H2,1H3,(H2,11,12)(H,13,14)(H,15,16). The average Bonchev–Trinajstić information content (AvgIpc) is 2.15. The summed E-state index contributed by atoms with van der Waals surface area (Å²) in [5, 5.41) is 17.8. The third kappa shape index (κ3) is 4.77. The quantitative estimate of drug-likeness (QED) is 0.560. The lowest BCUT2D eigenvalue weighted by molar-refractivity contribution is -0.154.